The molecule has 7 heteroatoms. The molecule has 0 aromatic rings. The largest absolute Gasteiger partial charge is 0.381 e. The Bertz CT molecular complexity index is 240. The first-order valence-electron chi connectivity index (χ1n) is 3.94. The van der Waals surface area contributed by atoms with Gasteiger partial charge >= 0.3 is 0 Å². The van der Waals surface area contributed by atoms with Crippen LogP contribution < -0.4 is 0 Å². The van der Waals surface area contributed by atoms with Gasteiger partial charge in [0.05, 0.1) is 18.2 Å². The molecule has 2 unspecified atom stereocenters. The zero-order valence-electron chi connectivity index (χ0n) is 7.24. The van der Waals surface area contributed by atoms with E-state index in [4.69, 9.17) is 15.8 Å². The van der Waals surface area contributed by atoms with Crippen LogP contribution in [0.25, 0.3) is 20.9 Å². The van der Waals surface area contributed by atoms with Crippen LogP contribution >= 0.6 is 0 Å². The molecule has 1 saturated carbocycles. The molecule has 1 aliphatic carbocycles. The molecule has 70 valence electrons. The van der Waals surface area contributed by atoms with Gasteiger partial charge in [-0.05, 0) is 23.9 Å². The summed E-state index contributed by atoms with van der Waals surface area (Å²) in [5.74, 6) is 0. The summed E-state index contributed by atoms with van der Waals surface area (Å²) in [5.41, 5.74) is 16.5. The Morgan fingerprint density at radius 2 is 1.62 bits per heavy atom. The van der Waals surface area contributed by atoms with Gasteiger partial charge in [0.15, 0.2) is 0 Å². The van der Waals surface area contributed by atoms with Gasteiger partial charge in [-0.3, -0.25) is 0 Å². The zero-order valence-corrected chi connectivity index (χ0v) is 7.24. The molecule has 1 aliphatic rings. The van der Waals surface area contributed by atoms with Crippen molar-refractivity contribution in [2.45, 2.75) is 31.0 Å². The minimum atomic E-state index is -0.271. The minimum Gasteiger partial charge on any atom is -0.381 e. The number of hydrogen-bond donors (Lipinski definition) is 0. The highest BCUT2D eigenvalue weighted by Gasteiger charge is 2.34. The zero-order chi connectivity index (χ0) is 9.68. The summed E-state index contributed by atoms with van der Waals surface area (Å²) in [4.78, 5) is 5.44. The van der Waals surface area contributed by atoms with Gasteiger partial charge in [-0.15, -0.1) is 0 Å². The van der Waals surface area contributed by atoms with E-state index in [9.17, 15) is 0 Å². The fourth-order valence-corrected chi connectivity index (χ4v) is 1.62. The van der Waals surface area contributed by atoms with Gasteiger partial charge in [0, 0.05) is 16.9 Å². The van der Waals surface area contributed by atoms with Gasteiger partial charge in [0.1, 0.15) is 0 Å². The smallest absolute Gasteiger partial charge is 0.0740 e. The molecular formula is C6H10N6O. The molecule has 1 rings (SSSR count). The summed E-state index contributed by atoms with van der Waals surface area (Å²) >= 11 is 0. The monoisotopic (exact) mass is 182 g/mol. The lowest BCUT2D eigenvalue weighted by atomic mass is 10.2. The van der Waals surface area contributed by atoms with Gasteiger partial charge < -0.3 is 4.74 Å². The molecule has 7 nitrogen and oxygen atoms in total. The Kier molecular flexibility index (Phi) is 3.40. The summed E-state index contributed by atoms with van der Waals surface area (Å²) in [6.45, 7) is 0. The van der Waals surface area contributed by atoms with Crippen molar-refractivity contribution in [2.24, 2.45) is 10.2 Å². The molecule has 0 aromatic heterocycles. The molecule has 0 amide bonds. The summed E-state index contributed by atoms with van der Waals surface area (Å²) in [5, 5.41) is 7.16. The maximum absolute atomic E-state index is 8.26. The van der Waals surface area contributed by atoms with E-state index >= 15 is 0 Å². The van der Waals surface area contributed by atoms with Crippen molar-refractivity contribution in [3.63, 3.8) is 0 Å². The number of rotatable bonds is 3. The van der Waals surface area contributed by atoms with E-state index in [1.807, 2.05) is 0 Å². The Labute approximate surface area is 74.9 Å². The SMILES string of the molecule is COC1C(N=[N+]=[N-])CCC1N=[N+]=[N-]. The summed E-state index contributed by atoms with van der Waals surface area (Å²) in [6, 6.07) is -0.406. The maximum atomic E-state index is 8.26. The standard InChI is InChI=1S/C6H10N6O/c1-13-6-4(9-11-7)2-3-5(6)10-12-8/h4-6H,2-3H2,1H3. The molecule has 0 N–H and O–H groups in total. The highest BCUT2D eigenvalue weighted by molar-refractivity contribution is 4.95. The Hall–Kier alpha value is -1.42. The van der Waals surface area contributed by atoms with Gasteiger partial charge in [0.25, 0.3) is 0 Å². The molecule has 1 fully saturated rings. The minimum absolute atomic E-state index is 0.203. The molecule has 0 spiro atoms. The van der Waals surface area contributed by atoms with E-state index in [0.29, 0.717) is 12.8 Å². The van der Waals surface area contributed by atoms with Crippen LogP contribution in [0.4, 0.5) is 0 Å². The Balaban J connectivity index is 2.73. The molecular weight excluding hydrogens is 172 g/mol. The summed E-state index contributed by atoms with van der Waals surface area (Å²) < 4.78 is 5.11. The van der Waals surface area contributed by atoms with E-state index in [2.05, 4.69) is 20.1 Å². The molecule has 0 aromatic carbocycles. The summed E-state index contributed by atoms with van der Waals surface area (Å²) in [6.07, 6.45) is 1.16. The second-order valence-electron chi connectivity index (χ2n) is 2.82. The van der Waals surface area contributed by atoms with Gasteiger partial charge in [0.2, 0.25) is 0 Å². The van der Waals surface area contributed by atoms with Gasteiger partial charge in [-0.1, -0.05) is 10.2 Å². The van der Waals surface area contributed by atoms with Gasteiger partial charge in [-0.2, -0.15) is 0 Å². The number of ether oxygens (including phenoxy) is 1. The van der Waals surface area contributed by atoms with Crippen molar-refractivity contribution in [3.05, 3.63) is 20.9 Å². The number of hydrogen-bond acceptors (Lipinski definition) is 3. The second kappa shape index (κ2) is 4.57. The third-order valence-corrected chi connectivity index (χ3v) is 2.19. The molecule has 0 heterocycles. The van der Waals surface area contributed by atoms with Crippen LogP contribution in [0, 0.1) is 0 Å². The van der Waals surface area contributed by atoms with E-state index in [0.717, 1.165) is 0 Å². The molecule has 13 heavy (non-hydrogen) atoms. The summed E-state index contributed by atoms with van der Waals surface area (Å²) in [7, 11) is 1.52. The third kappa shape index (κ3) is 2.03. The highest BCUT2D eigenvalue weighted by Crippen LogP contribution is 2.27. The van der Waals surface area contributed by atoms with Crippen molar-refractivity contribution in [2.75, 3.05) is 7.11 Å². The first kappa shape index (κ1) is 9.67. The molecule has 0 bridgehead atoms. The number of methoxy groups -OCH3 is 1. The number of azide groups is 2. The van der Waals surface area contributed by atoms with Crippen molar-refractivity contribution < 1.29 is 4.74 Å². The lowest BCUT2D eigenvalue weighted by molar-refractivity contribution is 0.0839. The first-order valence-corrected chi connectivity index (χ1v) is 3.94. The van der Waals surface area contributed by atoms with Crippen LogP contribution in [0.1, 0.15) is 12.8 Å². The lowest BCUT2D eigenvalue weighted by Gasteiger charge is -2.16. The predicted octanol–water partition coefficient (Wildman–Crippen LogP) is 2.15. The second-order valence-corrected chi connectivity index (χ2v) is 2.82. The van der Waals surface area contributed by atoms with Crippen LogP contribution in [-0.4, -0.2) is 25.3 Å². The van der Waals surface area contributed by atoms with Crippen molar-refractivity contribution in [1.29, 1.82) is 0 Å². The highest BCUT2D eigenvalue weighted by atomic mass is 16.5. The fourth-order valence-electron chi connectivity index (χ4n) is 1.62. The van der Waals surface area contributed by atoms with Crippen molar-refractivity contribution in [3.8, 4) is 0 Å². The van der Waals surface area contributed by atoms with Crippen molar-refractivity contribution in [1.82, 2.24) is 0 Å². The van der Waals surface area contributed by atoms with E-state index in [1.54, 1.807) is 0 Å². The van der Waals surface area contributed by atoms with E-state index in [1.165, 1.54) is 7.11 Å². The van der Waals surface area contributed by atoms with Crippen LogP contribution in [0.5, 0.6) is 0 Å². The van der Waals surface area contributed by atoms with E-state index in [-0.39, 0.29) is 18.2 Å². The maximum Gasteiger partial charge on any atom is 0.0740 e. The Morgan fingerprint density at radius 1 is 1.15 bits per heavy atom. The van der Waals surface area contributed by atoms with E-state index < -0.39 is 0 Å². The fraction of sp³-hybridized carbons (Fsp3) is 1.00. The molecule has 0 radical (unpaired) electrons. The first-order chi connectivity index (χ1) is 6.33. The van der Waals surface area contributed by atoms with Crippen LogP contribution in [0.15, 0.2) is 10.2 Å². The van der Waals surface area contributed by atoms with Crippen LogP contribution in [0.3, 0.4) is 0 Å². The lowest BCUT2D eigenvalue weighted by Crippen LogP contribution is -2.28. The predicted molar refractivity (Wildman–Crippen MR) is 45.9 cm³/mol. The third-order valence-electron chi connectivity index (χ3n) is 2.19. The molecule has 2 atom stereocenters. The van der Waals surface area contributed by atoms with Crippen LogP contribution in [0.2, 0.25) is 0 Å². The van der Waals surface area contributed by atoms with Crippen molar-refractivity contribution >= 4 is 0 Å². The average molecular weight is 182 g/mol. The quantitative estimate of drug-likeness (QED) is 0.372. The molecule has 0 aliphatic heterocycles. The van der Waals surface area contributed by atoms with Gasteiger partial charge in [-0.25, -0.2) is 0 Å². The normalized spacial score (nSPS) is 31.9. The molecule has 0 saturated heterocycles. The van der Waals surface area contributed by atoms with Crippen LogP contribution in [-0.2, 0) is 4.74 Å². The average Bonchev–Trinajstić information content (AvgIpc) is 2.49. The number of nitrogens with zero attached hydrogens (tertiary/aromatic N) is 6. The Morgan fingerprint density at radius 3 is 1.92 bits per heavy atom. The topological polar surface area (TPSA) is 107 Å².